The van der Waals surface area contributed by atoms with E-state index < -0.39 is 0 Å². The van der Waals surface area contributed by atoms with Crippen molar-refractivity contribution in [1.29, 1.82) is 0 Å². The number of carbonyl (C=O) groups is 1. The molecule has 0 aliphatic heterocycles. The Labute approximate surface area is 112 Å². The fourth-order valence-electron chi connectivity index (χ4n) is 1.99. The molecule has 1 heterocycles. The first-order valence-corrected chi connectivity index (χ1v) is 6.28. The van der Waals surface area contributed by atoms with Crippen LogP contribution in [-0.4, -0.2) is 10.5 Å². The number of nitrogen functional groups attached to an aromatic ring is 1. The number of benzene rings is 1. The van der Waals surface area contributed by atoms with E-state index in [1.54, 1.807) is 16.8 Å². The predicted octanol–water partition coefficient (Wildman–Crippen LogP) is 2.76. The first kappa shape index (κ1) is 13.2. The van der Waals surface area contributed by atoms with Crippen LogP contribution in [0.4, 0.5) is 5.69 Å². The molecule has 0 saturated heterocycles. The summed E-state index contributed by atoms with van der Waals surface area (Å²) in [5.74, 6) is -0.347. The van der Waals surface area contributed by atoms with E-state index in [1.165, 1.54) is 0 Å². The minimum Gasteiger partial charge on any atom is -0.456 e. The van der Waals surface area contributed by atoms with Gasteiger partial charge in [0.05, 0.1) is 5.69 Å². The summed E-state index contributed by atoms with van der Waals surface area (Å²) in [6.07, 6.45) is 1.74. The molecule has 1 aromatic heterocycles. The smallest absolute Gasteiger partial charge is 0.355 e. The zero-order valence-electron chi connectivity index (χ0n) is 11.2. The number of nitrogens with zero attached hydrogens (tertiary/aromatic N) is 1. The van der Waals surface area contributed by atoms with Crippen LogP contribution in [0, 0.1) is 6.92 Å². The van der Waals surface area contributed by atoms with Gasteiger partial charge in [0.1, 0.15) is 12.3 Å². The predicted molar refractivity (Wildman–Crippen MR) is 74.8 cm³/mol. The highest BCUT2D eigenvalue weighted by molar-refractivity contribution is 5.89. The molecule has 2 rings (SSSR count). The summed E-state index contributed by atoms with van der Waals surface area (Å²) in [5.41, 5.74) is 8.89. The maximum Gasteiger partial charge on any atom is 0.355 e. The number of hydrogen-bond acceptors (Lipinski definition) is 3. The molecule has 100 valence electrons. The lowest BCUT2D eigenvalue weighted by Gasteiger charge is -2.07. The second-order valence-corrected chi connectivity index (χ2v) is 4.51. The van der Waals surface area contributed by atoms with E-state index in [1.807, 2.05) is 38.1 Å². The van der Waals surface area contributed by atoms with Crippen LogP contribution in [0.1, 0.15) is 28.5 Å². The number of carbonyl (C=O) groups excluding carboxylic acids is 1. The summed E-state index contributed by atoms with van der Waals surface area (Å²) in [4.78, 5) is 12.0. The van der Waals surface area contributed by atoms with Gasteiger partial charge in [0.15, 0.2) is 0 Å². The lowest BCUT2D eigenvalue weighted by Crippen LogP contribution is -2.11. The first-order chi connectivity index (χ1) is 9.10. The third-order valence-electron chi connectivity index (χ3n) is 2.92. The Morgan fingerprint density at radius 1 is 1.37 bits per heavy atom. The zero-order valence-corrected chi connectivity index (χ0v) is 11.2. The van der Waals surface area contributed by atoms with Gasteiger partial charge in [-0.25, -0.2) is 4.79 Å². The molecule has 2 aromatic rings. The first-order valence-electron chi connectivity index (χ1n) is 6.28. The molecule has 0 spiro atoms. The van der Waals surface area contributed by atoms with E-state index in [0.717, 1.165) is 11.1 Å². The molecule has 4 heteroatoms. The van der Waals surface area contributed by atoms with Crippen molar-refractivity contribution in [1.82, 2.24) is 4.57 Å². The van der Waals surface area contributed by atoms with E-state index in [4.69, 9.17) is 10.5 Å². The van der Waals surface area contributed by atoms with Gasteiger partial charge in [-0.1, -0.05) is 29.8 Å². The summed E-state index contributed by atoms with van der Waals surface area (Å²) in [5, 5.41) is 0. The molecule has 0 unspecified atom stereocenters. The standard InChI is InChI=1S/C15H18N2O2/c1-3-17-9-13(16)8-14(17)15(18)19-10-12-6-4-5-11(2)7-12/h4-9H,3,10,16H2,1-2H3. The van der Waals surface area contributed by atoms with Crippen molar-refractivity contribution in [3.63, 3.8) is 0 Å². The SMILES string of the molecule is CCn1cc(N)cc1C(=O)OCc1cccc(C)c1. The molecule has 2 N–H and O–H groups in total. The normalized spacial score (nSPS) is 10.4. The van der Waals surface area contributed by atoms with E-state index in [0.29, 0.717) is 17.9 Å². The van der Waals surface area contributed by atoms with Gasteiger partial charge in [-0.2, -0.15) is 0 Å². The third-order valence-corrected chi connectivity index (χ3v) is 2.92. The molecule has 0 saturated carbocycles. The average Bonchev–Trinajstić information content (AvgIpc) is 2.77. The van der Waals surface area contributed by atoms with Gasteiger partial charge in [0.25, 0.3) is 0 Å². The maximum atomic E-state index is 12.0. The second-order valence-electron chi connectivity index (χ2n) is 4.51. The van der Waals surface area contributed by atoms with E-state index in [-0.39, 0.29) is 12.6 Å². The Morgan fingerprint density at radius 3 is 2.84 bits per heavy atom. The highest BCUT2D eigenvalue weighted by atomic mass is 16.5. The largest absolute Gasteiger partial charge is 0.456 e. The van der Waals surface area contributed by atoms with Gasteiger partial charge in [0, 0.05) is 12.7 Å². The lowest BCUT2D eigenvalue weighted by molar-refractivity contribution is 0.0460. The van der Waals surface area contributed by atoms with Crippen molar-refractivity contribution < 1.29 is 9.53 Å². The summed E-state index contributed by atoms with van der Waals surface area (Å²) < 4.78 is 7.10. The summed E-state index contributed by atoms with van der Waals surface area (Å²) in [6.45, 7) is 4.92. The van der Waals surface area contributed by atoms with Crippen LogP contribution in [0.15, 0.2) is 36.5 Å². The number of ether oxygens (including phenoxy) is 1. The number of aromatic nitrogens is 1. The third kappa shape index (κ3) is 3.16. The monoisotopic (exact) mass is 258 g/mol. The summed E-state index contributed by atoms with van der Waals surface area (Å²) in [6, 6.07) is 9.54. The van der Waals surface area contributed by atoms with Gasteiger partial charge in [-0.05, 0) is 25.5 Å². The molecule has 4 nitrogen and oxygen atoms in total. The van der Waals surface area contributed by atoms with E-state index in [9.17, 15) is 4.79 Å². The molecule has 0 fully saturated rings. The van der Waals surface area contributed by atoms with Crippen LogP contribution in [0.3, 0.4) is 0 Å². The van der Waals surface area contributed by atoms with Crippen molar-refractivity contribution in [3.8, 4) is 0 Å². The number of hydrogen-bond donors (Lipinski definition) is 1. The van der Waals surface area contributed by atoms with E-state index in [2.05, 4.69) is 0 Å². The number of anilines is 1. The van der Waals surface area contributed by atoms with Crippen molar-refractivity contribution in [2.75, 3.05) is 5.73 Å². The minimum atomic E-state index is -0.347. The van der Waals surface area contributed by atoms with Crippen molar-refractivity contribution in [2.24, 2.45) is 0 Å². The molecular weight excluding hydrogens is 240 g/mol. The van der Waals surface area contributed by atoms with Crippen molar-refractivity contribution >= 4 is 11.7 Å². The summed E-state index contributed by atoms with van der Waals surface area (Å²) in [7, 11) is 0. The van der Waals surface area contributed by atoms with Gasteiger partial charge >= 0.3 is 5.97 Å². The molecule has 0 atom stereocenters. The Morgan fingerprint density at radius 2 is 2.16 bits per heavy atom. The topological polar surface area (TPSA) is 57.2 Å². The molecule has 19 heavy (non-hydrogen) atoms. The number of esters is 1. The second kappa shape index (κ2) is 5.61. The highest BCUT2D eigenvalue weighted by Gasteiger charge is 2.13. The fourth-order valence-corrected chi connectivity index (χ4v) is 1.99. The maximum absolute atomic E-state index is 12.0. The minimum absolute atomic E-state index is 0.273. The fraction of sp³-hybridized carbons (Fsp3) is 0.267. The summed E-state index contributed by atoms with van der Waals surface area (Å²) >= 11 is 0. The Hall–Kier alpha value is -2.23. The van der Waals surface area contributed by atoms with Gasteiger partial charge in [0.2, 0.25) is 0 Å². The van der Waals surface area contributed by atoms with Crippen LogP contribution >= 0.6 is 0 Å². The quantitative estimate of drug-likeness (QED) is 0.858. The molecule has 0 bridgehead atoms. The van der Waals surface area contributed by atoms with Crippen LogP contribution in [0.2, 0.25) is 0 Å². The van der Waals surface area contributed by atoms with Crippen LogP contribution in [-0.2, 0) is 17.9 Å². The highest BCUT2D eigenvalue weighted by Crippen LogP contribution is 2.13. The van der Waals surface area contributed by atoms with Crippen molar-refractivity contribution in [2.45, 2.75) is 27.0 Å². The lowest BCUT2D eigenvalue weighted by atomic mass is 10.1. The van der Waals surface area contributed by atoms with Crippen molar-refractivity contribution in [3.05, 3.63) is 53.3 Å². The molecule has 0 aliphatic rings. The number of aryl methyl sites for hydroxylation is 2. The molecular formula is C15H18N2O2. The molecule has 0 amide bonds. The Kier molecular flexibility index (Phi) is 3.90. The molecule has 0 radical (unpaired) electrons. The van der Waals surface area contributed by atoms with Crippen LogP contribution < -0.4 is 5.73 Å². The zero-order chi connectivity index (χ0) is 13.8. The van der Waals surface area contributed by atoms with Gasteiger partial charge in [-0.3, -0.25) is 0 Å². The van der Waals surface area contributed by atoms with Gasteiger partial charge < -0.3 is 15.0 Å². The Balaban J connectivity index is 2.05. The van der Waals surface area contributed by atoms with E-state index >= 15 is 0 Å². The van der Waals surface area contributed by atoms with Crippen LogP contribution in [0.5, 0.6) is 0 Å². The van der Waals surface area contributed by atoms with Crippen LogP contribution in [0.25, 0.3) is 0 Å². The van der Waals surface area contributed by atoms with Gasteiger partial charge in [-0.15, -0.1) is 0 Å². The molecule has 0 aliphatic carbocycles. The number of nitrogens with two attached hydrogens (primary N) is 1. The molecule has 1 aromatic carbocycles. The Bertz CT molecular complexity index is 588. The average molecular weight is 258 g/mol. The number of rotatable bonds is 4.